The van der Waals surface area contributed by atoms with Gasteiger partial charge in [0.15, 0.2) is 17.3 Å². The molecular weight excluding hydrogens is 332 g/mol. The number of hydrogen-bond acceptors (Lipinski definition) is 3. The number of carbonyl (C=O) groups is 1. The molecule has 1 aliphatic rings. The van der Waals surface area contributed by atoms with Gasteiger partial charge in [-0.05, 0) is 40.9 Å². The minimum absolute atomic E-state index is 0.0889. The van der Waals surface area contributed by atoms with Crippen LogP contribution in [0, 0.1) is 5.92 Å². The summed E-state index contributed by atoms with van der Waals surface area (Å²) in [5, 5.41) is 0. The quantitative estimate of drug-likeness (QED) is 0.673. The van der Waals surface area contributed by atoms with Gasteiger partial charge in [-0.25, -0.2) is 0 Å². The maximum Gasteiger partial charge on any atom is 0.167 e. The van der Waals surface area contributed by atoms with Gasteiger partial charge in [-0.2, -0.15) is 0 Å². The van der Waals surface area contributed by atoms with Crippen LogP contribution in [0.4, 0.5) is 0 Å². The molecule has 0 aromatic heterocycles. The van der Waals surface area contributed by atoms with E-state index in [-0.39, 0.29) is 11.7 Å². The number of unbranched alkanes of at least 4 members (excludes halogenated alkanes) is 1. The van der Waals surface area contributed by atoms with E-state index in [0.717, 1.165) is 42.3 Å². The Labute approximate surface area is 135 Å². The highest BCUT2D eigenvalue weighted by molar-refractivity contribution is 9.10. The zero-order valence-corrected chi connectivity index (χ0v) is 14.4. The summed E-state index contributed by atoms with van der Waals surface area (Å²) in [5.74, 6) is 1.70. The van der Waals surface area contributed by atoms with Gasteiger partial charge in [0.2, 0.25) is 0 Å². The highest BCUT2D eigenvalue weighted by atomic mass is 79.9. The van der Waals surface area contributed by atoms with E-state index >= 15 is 0 Å². The van der Waals surface area contributed by atoms with Gasteiger partial charge in [0, 0.05) is 22.4 Å². The molecule has 1 aliphatic heterocycles. The van der Waals surface area contributed by atoms with Crippen LogP contribution in [0.2, 0.25) is 0 Å². The van der Waals surface area contributed by atoms with Crippen LogP contribution in [-0.4, -0.2) is 19.0 Å². The van der Waals surface area contributed by atoms with Crippen molar-refractivity contribution in [3.63, 3.8) is 0 Å². The Balaban J connectivity index is 2.26. The summed E-state index contributed by atoms with van der Waals surface area (Å²) in [6, 6.07) is 3.70. The van der Waals surface area contributed by atoms with Gasteiger partial charge in [-0.15, -0.1) is 0 Å². The van der Waals surface area contributed by atoms with Crippen molar-refractivity contribution in [2.75, 3.05) is 13.2 Å². The molecule has 0 spiro atoms. The van der Waals surface area contributed by atoms with E-state index in [0.29, 0.717) is 24.5 Å². The molecule has 0 saturated carbocycles. The van der Waals surface area contributed by atoms with E-state index in [2.05, 4.69) is 29.8 Å². The fraction of sp³-hybridized carbons (Fsp3) is 0.588. The van der Waals surface area contributed by atoms with Crippen molar-refractivity contribution < 1.29 is 14.3 Å². The fourth-order valence-corrected chi connectivity index (χ4v) is 3.08. The van der Waals surface area contributed by atoms with Gasteiger partial charge in [-0.1, -0.05) is 26.7 Å². The van der Waals surface area contributed by atoms with Gasteiger partial charge in [0.1, 0.15) is 0 Å². The van der Waals surface area contributed by atoms with Crippen LogP contribution in [0.25, 0.3) is 0 Å². The van der Waals surface area contributed by atoms with Crippen LogP contribution < -0.4 is 9.47 Å². The number of fused-ring (bicyclic) bond motifs is 1. The molecule has 0 saturated heterocycles. The minimum Gasteiger partial charge on any atom is -0.490 e. The summed E-state index contributed by atoms with van der Waals surface area (Å²) in [4.78, 5) is 12.7. The molecule has 1 aromatic rings. The first kappa shape index (κ1) is 16.3. The molecule has 21 heavy (non-hydrogen) atoms. The summed E-state index contributed by atoms with van der Waals surface area (Å²) < 4.78 is 12.1. The molecule has 0 fully saturated rings. The summed E-state index contributed by atoms with van der Waals surface area (Å²) >= 11 is 3.51. The lowest BCUT2D eigenvalue weighted by Gasteiger charge is -2.16. The average Bonchev–Trinajstić information content (AvgIpc) is 2.71. The van der Waals surface area contributed by atoms with Crippen molar-refractivity contribution in [1.29, 1.82) is 0 Å². The normalized spacial score (nSPS) is 15.4. The van der Waals surface area contributed by atoms with Crippen molar-refractivity contribution in [3.05, 3.63) is 22.2 Å². The molecule has 2 rings (SSSR count). The van der Waals surface area contributed by atoms with Crippen molar-refractivity contribution >= 4 is 21.7 Å². The molecule has 3 nitrogen and oxygen atoms in total. The SMILES string of the molecule is CCCCC(CC)C(=O)c1cc2c(cc1Br)OCCCO2. The van der Waals surface area contributed by atoms with Gasteiger partial charge in [0.05, 0.1) is 13.2 Å². The standard InChI is InChI=1S/C17H23BrO3/c1-3-5-7-12(4-2)17(19)13-10-15-16(11-14(13)18)21-9-6-8-20-15/h10-12H,3-9H2,1-2H3. The van der Waals surface area contributed by atoms with Crippen molar-refractivity contribution in [1.82, 2.24) is 0 Å². The van der Waals surface area contributed by atoms with Gasteiger partial charge >= 0.3 is 0 Å². The van der Waals surface area contributed by atoms with Gasteiger partial charge in [0.25, 0.3) is 0 Å². The highest BCUT2D eigenvalue weighted by Crippen LogP contribution is 2.36. The summed E-state index contributed by atoms with van der Waals surface area (Å²) in [6.45, 7) is 5.52. The predicted octanol–water partition coefficient (Wildman–Crippen LogP) is 5.01. The Hall–Kier alpha value is -1.03. The lowest BCUT2D eigenvalue weighted by molar-refractivity contribution is 0.0907. The molecule has 116 valence electrons. The van der Waals surface area contributed by atoms with Crippen LogP contribution in [-0.2, 0) is 0 Å². The summed E-state index contributed by atoms with van der Waals surface area (Å²) in [7, 11) is 0. The Bertz CT molecular complexity index is 499. The number of ketones is 1. The third-order valence-electron chi connectivity index (χ3n) is 3.87. The lowest BCUT2D eigenvalue weighted by atomic mass is 9.90. The first-order valence-corrected chi connectivity index (χ1v) is 8.60. The second kappa shape index (κ2) is 7.83. The molecule has 0 aliphatic carbocycles. The molecule has 0 N–H and O–H groups in total. The number of carbonyl (C=O) groups excluding carboxylic acids is 1. The molecule has 1 heterocycles. The third kappa shape index (κ3) is 4.00. The topological polar surface area (TPSA) is 35.5 Å². The average molecular weight is 355 g/mol. The van der Waals surface area contributed by atoms with Gasteiger partial charge < -0.3 is 9.47 Å². The van der Waals surface area contributed by atoms with E-state index < -0.39 is 0 Å². The summed E-state index contributed by atoms with van der Waals surface area (Å²) in [6.07, 6.45) is 4.90. The minimum atomic E-state index is 0.0889. The second-order valence-corrected chi connectivity index (χ2v) is 6.30. The van der Waals surface area contributed by atoms with E-state index in [1.165, 1.54) is 0 Å². The number of ether oxygens (including phenoxy) is 2. The molecule has 4 heteroatoms. The first-order chi connectivity index (χ1) is 10.2. The number of Topliss-reactive ketones (excluding diaryl/α,β-unsaturated/α-hetero) is 1. The van der Waals surface area contributed by atoms with E-state index in [1.807, 2.05) is 12.1 Å². The van der Waals surface area contributed by atoms with Crippen molar-refractivity contribution in [3.8, 4) is 11.5 Å². The third-order valence-corrected chi connectivity index (χ3v) is 4.53. The number of hydrogen-bond donors (Lipinski definition) is 0. The highest BCUT2D eigenvalue weighted by Gasteiger charge is 2.23. The molecule has 0 bridgehead atoms. The first-order valence-electron chi connectivity index (χ1n) is 7.80. The molecule has 1 aromatic carbocycles. The molecule has 0 radical (unpaired) electrons. The predicted molar refractivity (Wildman–Crippen MR) is 87.4 cm³/mol. The maximum absolute atomic E-state index is 12.7. The Morgan fingerprint density at radius 3 is 2.52 bits per heavy atom. The zero-order chi connectivity index (χ0) is 15.2. The molecule has 1 unspecified atom stereocenters. The lowest BCUT2D eigenvalue weighted by Crippen LogP contribution is -2.15. The smallest absolute Gasteiger partial charge is 0.167 e. The van der Waals surface area contributed by atoms with Gasteiger partial charge in [-0.3, -0.25) is 4.79 Å². The van der Waals surface area contributed by atoms with Crippen molar-refractivity contribution in [2.45, 2.75) is 46.0 Å². The monoisotopic (exact) mass is 354 g/mol. The second-order valence-electron chi connectivity index (χ2n) is 5.44. The Kier molecular flexibility index (Phi) is 6.09. The number of rotatable bonds is 6. The van der Waals surface area contributed by atoms with E-state index in [9.17, 15) is 4.79 Å². The van der Waals surface area contributed by atoms with Crippen LogP contribution in [0.3, 0.4) is 0 Å². The fourth-order valence-electron chi connectivity index (χ4n) is 2.56. The maximum atomic E-state index is 12.7. The largest absolute Gasteiger partial charge is 0.490 e. The Morgan fingerprint density at radius 1 is 1.24 bits per heavy atom. The van der Waals surface area contributed by atoms with E-state index in [1.54, 1.807) is 0 Å². The van der Waals surface area contributed by atoms with Crippen LogP contribution in [0.5, 0.6) is 11.5 Å². The molecule has 1 atom stereocenters. The van der Waals surface area contributed by atoms with Crippen LogP contribution >= 0.6 is 15.9 Å². The zero-order valence-electron chi connectivity index (χ0n) is 12.8. The van der Waals surface area contributed by atoms with E-state index in [4.69, 9.17) is 9.47 Å². The van der Waals surface area contributed by atoms with Crippen LogP contribution in [0.1, 0.15) is 56.3 Å². The number of halogens is 1. The molecular formula is C17H23BrO3. The van der Waals surface area contributed by atoms with Crippen molar-refractivity contribution in [2.24, 2.45) is 5.92 Å². The summed E-state index contributed by atoms with van der Waals surface area (Å²) in [5.41, 5.74) is 0.710. The molecule has 0 amide bonds. The number of benzene rings is 1. The van der Waals surface area contributed by atoms with Crippen LogP contribution in [0.15, 0.2) is 16.6 Å². The Morgan fingerprint density at radius 2 is 1.90 bits per heavy atom.